The Bertz CT molecular complexity index is 208. The van der Waals surface area contributed by atoms with Crippen molar-refractivity contribution >= 4 is 10.2 Å². The molecule has 0 aromatic carbocycles. The molecule has 0 aromatic heterocycles. The van der Waals surface area contributed by atoms with Crippen LogP contribution in [0.15, 0.2) is 0 Å². The van der Waals surface area contributed by atoms with Crippen molar-refractivity contribution in [3.63, 3.8) is 0 Å². The van der Waals surface area contributed by atoms with Gasteiger partial charge in [-0.3, -0.25) is 0 Å². The summed E-state index contributed by atoms with van der Waals surface area (Å²) in [5, 5.41) is 0. The molecule has 0 radical (unpaired) electrons. The summed E-state index contributed by atoms with van der Waals surface area (Å²) in [5.41, 5.74) is 5.37. The lowest BCUT2D eigenvalue weighted by Crippen LogP contribution is -2.39. The van der Waals surface area contributed by atoms with E-state index in [0.717, 1.165) is 0 Å². The molecule has 0 aliphatic heterocycles. The summed E-state index contributed by atoms with van der Waals surface area (Å²) in [6.45, 7) is 0. The van der Waals surface area contributed by atoms with Gasteiger partial charge in [-0.25, -0.2) is 0 Å². The van der Waals surface area contributed by atoms with Crippen molar-refractivity contribution in [3.8, 4) is 0 Å². The maximum Gasteiger partial charge on any atom is 0.302 e. The quantitative estimate of drug-likeness (QED) is 0.590. The van der Waals surface area contributed by atoms with Gasteiger partial charge >= 0.3 is 10.2 Å². The predicted molar refractivity (Wildman–Crippen MR) is 35.6 cm³/mol. The van der Waals surface area contributed by atoms with Crippen LogP contribution in [0.1, 0.15) is 12.8 Å². The number of nitrogens with two attached hydrogens (primary N) is 1. The van der Waals surface area contributed by atoms with Crippen LogP contribution in [0.4, 0.5) is 3.89 Å². The van der Waals surface area contributed by atoms with Gasteiger partial charge < -0.3 is 5.73 Å². The third-order valence-corrected chi connectivity index (χ3v) is 2.58. The van der Waals surface area contributed by atoms with E-state index >= 15 is 0 Å². The van der Waals surface area contributed by atoms with Crippen molar-refractivity contribution < 1.29 is 12.3 Å². The van der Waals surface area contributed by atoms with Gasteiger partial charge in [0.2, 0.25) is 0 Å². The van der Waals surface area contributed by atoms with Gasteiger partial charge in [0.15, 0.2) is 0 Å². The summed E-state index contributed by atoms with van der Waals surface area (Å²) >= 11 is 0. The fourth-order valence-electron chi connectivity index (χ4n) is 1.20. The Morgan fingerprint density at radius 3 is 2.30 bits per heavy atom. The Kier molecular flexibility index (Phi) is 1.96. The Balaban J connectivity index is 2.30. The predicted octanol–water partition coefficient (Wildman–Crippen LogP) is 0.0230. The number of rotatable bonds is 2. The summed E-state index contributed by atoms with van der Waals surface area (Å²) in [7, 11) is -4.26. The lowest BCUT2D eigenvalue weighted by Gasteiger charge is -2.30. The normalized spacial score (nSPS) is 33.4. The van der Waals surface area contributed by atoms with Crippen LogP contribution in [0, 0.1) is 5.92 Å². The topological polar surface area (TPSA) is 60.2 Å². The van der Waals surface area contributed by atoms with E-state index in [2.05, 4.69) is 0 Å². The molecule has 1 aliphatic rings. The maximum absolute atomic E-state index is 11.9. The molecule has 3 nitrogen and oxygen atoms in total. The molecule has 0 bridgehead atoms. The first-order valence-electron chi connectivity index (χ1n) is 3.15. The fraction of sp³-hybridized carbons (Fsp3) is 1.00. The van der Waals surface area contributed by atoms with E-state index in [1.165, 1.54) is 0 Å². The van der Waals surface area contributed by atoms with Gasteiger partial charge in [-0.15, -0.1) is 3.89 Å². The molecule has 0 aromatic rings. The van der Waals surface area contributed by atoms with Gasteiger partial charge in [0.05, 0.1) is 5.75 Å². The number of halogens is 1. The molecular formula is C5H10FNO2S. The van der Waals surface area contributed by atoms with Crippen molar-refractivity contribution in [2.24, 2.45) is 11.7 Å². The summed E-state index contributed by atoms with van der Waals surface area (Å²) in [6.07, 6.45) is 1.28. The Labute approximate surface area is 59.6 Å². The summed E-state index contributed by atoms with van der Waals surface area (Å²) < 4.78 is 32.0. The summed E-state index contributed by atoms with van der Waals surface area (Å²) in [5.74, 6) is -0.384. The average Bonchev–Trinajstić information content (AvgIpc) is 1.57. The minimum atomic E-state index is -4.26. The molecule has 1 aliphatic carbocycles. The lowest BCUT2D eigenvalue weighted by atomic mass is 9.82. The number of hydrogen-bond acceptors (Lipinski definition) is 3. The summed E-state index contributed by atoms with van der Waals surface area (Å²) in [6, 6.07) is 0.0896. The molecule has 10 heavy (non-hydrogen) atoms. The van der Waals surface area contributed by atoms with Gasteiger partial charge in [-0.1, -0.05) is 0 Å². The van der Waals surface area contributed by atoms with E-state index in [0.29, 0.717) is 12.8 Å². The third-order valence-electron chi connectivity index (χ3n) is 1.71. The first-order valence-corrected chi connectivity index (χ1v) is 4.70. The van der Waals surface area contributed by atoms with Crippen LogP contribution in [0.25, 0.3) is 0 Å². The molecule has 1 fully saturated rings. The minimum Gasteiger partial charge on any atom is -0.328 e. The van der Waals surface area contributed by atoms with Gasteiger partial charge in [0.1, 0.15) is 0 Å². The van der Waals surface area contributed by atoms with E-state index in [4.69, 9.17) is 5.73 Å². The van der Waals surface area contributed by atoms with E-state index < -0.39 is 10.2 Å². The van der Waals surface area contributed by atoms with Gasteiger partial charge in [0.25, 0.3) is 0 Å². The largest absolute Gasteiger partial charge is 0.328 e. The molecule has 2 N–H and O–H groups in total. The molecule has 0 spiro atoms. The van der Waals surface area contributed by atoms with Gasteiger partial charge in [-0.2, -0.15) is 8.42 Å². The van der Waals surface area contributed by atoms with Gasteiger partial charge in [-0.05, 0) is 18.8 Å². The van der Waals surface area contributed by atoms with Crippen LogP contribution in [0.2, 0.25) is 0 Å². The van der Waals surface area contributed by atoms with Crippen LogP contribution < -0.4 is 5.73 Å². The monoisotopic (exact) mass is 167 g/mol. The molecule has 5 heteroatoms. The zero-order valence-corrected chi connectivity index (χ0v) is 6.27. The van der Waals surface area contributed by atoms with Crippen LogP contribution in [-0.4, -0.2) is 20.2 Å². The second-order valence-electron chi connectivity index (χ2n) is 2.80. The van der Waals surface area contributed by atoms with Crippen LogP contribution in [0.3, 0.4) is 0 Å². The minimum absolute atomic E-state index is 0.0370. The Morgan fingerprint density at radius 1 is 1.50 bits per heavy atom. The average molecular weight is 167 g/mol. The zero-order valence-electron chi connectivity index (χ0n) is 5.46. The molecule has 0 saturated heterocycles. The highest BCUT2D eigenvalue weighted by Gasteiger charge is 2.29. The standard InChI is InChI=1S/C5H10FNO2S/c6-10(8,9)3-4-1-5(7)2-4/h4-5H,1-3,7H2. The second kappa shape index (κ2) is 2.47. The van der Waals surface area contributed by atoms with E-state index in [1.54, 1.807) is 0 Å². The molecule has 1 saturated carbocycles. The van der Waals surface area contributed by atoms with Gasteiger partial charge in [0, 0.05) is 6.04 Å². The molecule has 0 amide bonds. The van der Waals surface area contributed by atoms with Crippen LogP contribution in [0.5, 0.6) is 0 Å². The zero-order chi connectivity index (χ0) is 7.78. The molecule has 0 heterocycles. The lowest BCUT2D eigenvalue weighted by molar-refractivity contribution is 0.289. The van der Waals surface area contributed by atoms with Crippen LogP contribution in [-0.2, 0) is 10.2 Å². The van der Waals surface area contributed by atoms with Crippen molar-refractivity contribution in [1.29, 1.82) is 0 Å². The maximum atomic E-state index is 11.9. The Hall–Kier alpha value is -0.160. The second-order valence-corrected chi connectivity index (χ2v) is 4.21. The molecule has 0 unspecified atom stereocenters. The molecular weight excluding hydrogens is 157 g/mol. The van der Waals surface area contributed by atoms with E-state index in [9.17, 15) is 12.3 Å². The van der Waals surface area contributed by atoms with E-state index in [1.807, 2.05) is 0 Å². The van der Waals surface area contributed by atoms with Crippen LogP contribution >= 0.6 is 0 Å². The number of hydrogen-bond donors (Lipinski definition) is 1. The Morgan fingerprint density at radius 2 is 2.00 bits per heavy atom. The van der Waals surface area contributed by atoms with Crippen molar-refractivity contribution in [2.75, 3.05) is 5.75 Å². The SMILES string of the molecule is NC1CC(CS(=O)(=O)F)C1. The molecule has 60 valence electrons. The highest BCUT2D eigenvalue weighted by atomic mass is 32.3. The van der Waals surface area contributed by atoms with Crippen molar-refractivity contribution in [1.82, 2.24) is 0 Å². The van der Waals surface area contributed by atoms with Crippen molar-refractivity contribution in [3.05, 3.63) is 0 Å². The first kappa shape index (κ1) is 7.94. The fourth-order valence-corrected chi connectivity index (χ4v) is 2.04. The molecule has 0 atom stereocenters. The third kappa shape index (κ3) is 2.22. The molecule has 1 rings (SSSR count). The highest BCUT2D eigenvalue weighted by molar-refractivity contribution is 7.86. The van der Waals surface area contributed by atoms with E-state index in [-0.39, 0.29) is 17.7 Å². The highest BCUT2D eigenvalue weighted by Crippen LogP contribution is 2.27. The first-order chi connectivity index (χ1) is 4.47. The summed E-state index contributed by atoms with van der Waals surface area (Å²) in [4.78, 5) is 0. The van der Waals surface area contributed by atoms with Crippen molar-refractivity contribution in [2.45, 2.75) is 18.9 Å². The smallest absolute Gasteiger partial charge is 0.302 e.